The molecule has 0 heterocycles. The number of hydrogen-bond donors (Lipinski definition) is 1. The Morgan fingerprint density at radius 1 is 1.36 bits per heavy atom. The molecule has 1 aromatic carbocycles. The van der Waals surface area contributed by atoms with E-state index in [1.807, 2.05) is 24.3 Å². The summed E-state index contributed by atoms with van der Waals surface area (Å²) in [6, 6.07) is 7.85. The van der Waals surface area contributed by atoms with Gasteiger partial charge in [0, 0.05) is 6.42 Å². The Morgan fingerprint density at radius 2 is 2.14 bits per heavy atom. The van der Waals surface area contributed by atoms with Crippen molar-refractivity contribution in [1.82, 2.24) is 0 Å². The van der Waals surface area contributed by atoms with E-state index in [0.29, 0.717) is 12.3 Å². The monoisotopic (exact) mass is 193 g/mol. The number of rotatable bonds is 4. The summed E-state index contributed by atoms with van der Waals surface area (Å²) in [5.41, 5.74) is 1.16. The summed E-state index contributed by atoms with van der Waals surface area (Å²) in [5, 5.41) is 7.33. The Bertz CT molecular complexity index is 310. The number of hydrogen-bond acceptors (Lipinski definition) is 3. The van der Waals surface area contributed by atoms with Crippen LogP contribution in [0.5, 0.6) is 5.75 Å². The van der Waals surface area contributed by atoms with Crippen LogP contribution >= 0.6 is 0 Å². The minimum atomic E-state index is 0.313. The molecule has 3 nitrogen and oxygen atoms in total. The van der Waals surface area contributed by atoms with Gasteiger partial charge in [-0.25, -0.2) is 0 Å². The Kier molecular flexibility index (Phi) is 3.98. The number of aryl methyl sites for hydroxylation is 1. The van der Waals surface area contributed by atoms with Gasteiger partial charge < -0.3 is 9.47 Å². The Morgan fingerprint density at radius 3 is 2.79 bits per heavy atom. The van der Waals surface area contributed by atoms with Crippen molar-refractivity contribution in [2.24, 2.45) is 0 Å². The maximum absolute atomic E-state index is 7.33. The van der Waals surface area contributed by atoms with Crippen LogP contribution in [-0.4, -0.2) is 20.1 Å². The van der Waals surface area contributed by atoms with Gasteiger partial charge in [-0.15, -0.1) is 0 Å². The highest BCUT2D eigenvalue weighted by molar-refractivity contribution is 5.72. The minimum Gasteiger partial charge on any atom is -0.497 e. The topological polar surface area (TPSA) is 42.3 Å². The highest BCUT2D eigenvalue weighted by atomic mass is 16.5. The molecule has 1 N–H and O–H groups in total. The summed E-state index contributed by atoms with van der Waals surface area (Å²) < 4.78 is 9.88. The van der Waals surface area contributed by atoms with E-state index in [-0.39, 0.29) is 0 Å². The van der Waals surface area contributed by atoms with Crippen LogP contribution in [0.25, 0.3) is 0 Å². The molecule has 0 aliphatic rings. The average Bonchev–Trinajstić information content (AvgIpc) is 2.26. The van der Waals surface area contributed by atoms with E-state index in [1.54, 1.807) is 7.11 Å². The van der Waals surface area contributed by atoms with Gasteiger partial charge >= 0.3 is 0 Å². The van der Waals surface area contributed by atoms with Crippen LogP contribution in [0.2, 0.25) is 0 Å². The standard InChI is InChI=1S/C11H15NO2/c1-13-10-5-3-4-9(8-10)6-7-11(12)14-2/h3-5,8,12H,6-7H2,1-2H3. The second-order valence-electron chi connectivity index (χ2n) is 2.98. The fourth-order valence-corrected chi connectivity index (χ4v) is 1.19. The van der Waals surface area contributed by atoms with Gasteiger partial charge in [0.25, 0.3) is 0 Å². The number of benzene rings is 1. The molecule has 1 aromatic rings. The Balaban J connectivity index is 2.54. The highest BCUT2D eigenvalue weighted by Crippen LogP contribution is 2.13. The zero-order chi connectivity index (χ0) is 10.4. The molecule has 0 radical (unpaired) electrons. The van der Waals surface area contributed by atoms with Crippen molar-refractivity contribution in [3.8, 4) is 5.75 Å². The van der Waals surface area contributed by atoms with E-state index < -0.39 is 0 Å². The van der Waals surface area contributed by atoms with Crippen molar-refractivity contribution in [1.29, 1.82) is 5.41 Å². The van der Waals surface area contributed by atoms with Crippen LogP contribution in [0.1, 0.15) is 12.0 Å². The van der Waals surface area contributed by atoms with Gasteiger partial charge in [-0.05, 0) is 24.1 Å². The summed E-state index contributed by atoms with van der Waals surface area (Å²) in [7, 11) is 3.17. The summed E-state index contributed by atoms with van der Waals surface area (Å²) in [6.07, 6.45) is 1.44. The first-order chi connectivity index (χ1) is 6.76. The highest BCUT2D eigenvalue weighted by Gasteiger charge is 1.99. The van der Waals surface area contributed by atoms with Gasteiger partial charge in [-0.1, -0.05) is 12.1 Å². The number of methoxy groups -OCH3 is 2. The van der Waals surface area contributed by atoms with Crippen LogP contribution in [-0.2, 0) is 11.2 Å². The lowest BCUT2D eigenvalue weighted by Gasteiger charge is -2.04. The lowest BCUT2D eigenvalue weighted by Crippen LogP contribution is -2.00. The van der Waals surface area contributed by atoms with Crippen LogP contribution in [0.3, 0.4) is 0 Å². The molecule has 0 aliphatic heterocycles. The molecule has 0 amide bonds. The summed E-state index contributed by atoms with van der Waals surface area (Å²) in [5.74, 6) is 1.17. The Labute approximate surface area is 84.2 Å². The van der Waals surface area contributed by atoms with Crippen molar-refractivity contribution >= 4 is 5.90 Å². The minimum absolute atomic E-state index is 0.313. The molecule has 1 rings (SSSR count). The van der Waals surface area contributed by atoms with E-state index >= 15 is 0 Å². The van der Waals surface area contributed by atoms with Gasteiger partial charge in [0.05, 0.1) is 14.2 Å². The van der Waals surface area contributed by atoms with E-state index in [4.69, 9.17) is 14.9 Å². The zero-order valence-electron chi connectivity index (χ0n) is 8.54. The lowest BCUT2D eigenvalue weighted by molar-refractivity contribution is 0.386. The van der Waals surface area contributed by atoms with E-state index in [9.17, 15) is 0 Å². The number of nitrogens with one attached hydrogen (secondary N) is 1. The van der Waals surface area contributed by atoms with Gasteiger partial charge in [0.1, 0.15) is 5.75 Å². The second kappa shape index (κ2) is 5.27. The third-order valence-electron chi connectivity index (χ3n) is 2.02. The molecule has 0 bridgehead atoms. The zero-order valence-corrected chi connectivity index (χ0v) is 8.54. The fraction of sp³-hybridized carbons (Fsp3) is 0.364. The van der Waals surface area contributed by atoms with Crippen molar-refractivity contribution < 1.29 is 9.47 Å². The quantitative estimate of drug-likeness (QED) is 0.588. The first-order valence-corrected chi connectivity index (χ1v) is 4.50. The maximum Gasteiger partial charge on any atom is 0.180 e. The summed E-state index contributed by atoms with van der Waals surface area (Å²) >= 11 is 0. The molecule has 0 saturated heterocycles. The third-order valence-corrected chi connectivity index (χ3v) is 2.02. The third kappa shape index (κ3) is 3.09. The largest absolute Gasteiger partial charge is 0.497 e. The van der Waals surface area contributed by atoms with Gasteiger partial charge in [-0.2, -0.15) is 0 Å². The van der Waals surface area contributed by atoms with Crippen LogP contribution in [0, 0.1) is 5.41 Å². The van der Waals surface area contributed by atoms with Crippen molar-refractivity contribution in [3.05, 3.63) is 29.8 Å². The Hall–Kier alpha value is -1.51. The lowest BCUT2D eigenvalue weighted by atomic mass is 10.1. The molecular formula is C11H15NO2. The van der Waals surface area contributed by atoms with Crippen LogP contribution in [0.15, 0.2) is 24.3 Å². The predicted molar refractivity (Wildman–Crippen MR) is 56.1 cm³/mol. The molecule has 14 heavy (non-hydrogen) atoms. The SMILES string of the molecule is COC(=N)CCc1cccc(OC)c1. The molecule has 0 unspecified atom stereocenters. The van der Waals surface area contributed by atoms with E-state index in [2.05, 4.69) is 0 Å². The van der Waals surface area contributed by atoms with E-state index in [0.717, 1.165) is 17.7 Å². The normalized spacial score (nSPS) is 9.57. The van der Waals surface area contributed by atoms with Crippen molar-refractivity contribution in [2.45, 2.75) is 12.8 Å². The van der Waals surface area contributed by atoms with E-state index in [1.165, 1.54) is 7.11 Å². The molecular weight excluding hydrogens is 178 g/mol. The molecule has 0 aliphatic carbocycles. The molecule has 3 heteroatoms. The molecule has 0 spiro atoms. The number of ether oxygens (including phenoxy) is 2. The molecule has 76 valence electrons. The van der Waals surface area contributed by atoms with Crippen molar-refractivity contribution in [2.75, 3.05) is 14.2 Å². The molecule has 0 aromatic heterocycles. The molecule has 0 atom stereocenters. The van der Waals surface area contributed by atoms with Gasteiger partial charge in [0.2, 0.25) is 0 Å². The molecule has 0 saturated carbocycles. The predicted octanol–water partition coefficient (Wildman–Crippen LogP) is 2.25. The van der Waals surface area contributed by atoms with Gasteiger partial charge in [0.15, 0.2) is 5.90 Å². The first-order valence-electron chi connectivity index (χ1n) is 4.50. The second-order valence-corrected chi connectivity index (χ2v) is 2.98. The smallest absolute Gasteiger partial charge is 0.180 e. The summed E-state index contributed by atoms with van der Waals surface area (Å²) in [6.45, 7) is 0. The van der Waals surface area contributed by atoms with Gasteiger partial charge in [-0.3, -0.25) is 5.41 Å². The summed E-state index contributed by atoms with van der Waals surface area (Å²) in [4.78, 5) is 0. The average molecular weight is 193 g/mol. The molecule has 0 fully saturated rings. The maximum atomic E-state index is 7.33. The van der Waals surface area contributed by atoms with Crippen LogP contribution < -0.4 is 4.74 Å². The van der Waals surface area contributed by atoms with Crippen LogP contribution in [0.4, 0.5) is 0 Å². The fourth-order valence-electron chi connectivity index (χ4n) is 1.19. The first kappa shape index (κ1) is 10.6. The van der Waals surface area contributed by atoms with Crippen molar-refractivity contribution in [3.63, 3.8) is 0 Å².